The van der Waals surface area contributed by atoms with E-state index in [9.17, 15) is 9.36 Å². The second-order valence-corrected chi connectivity index (χ2v) is 4.85. The predicted molar refractivity (Wildman–Crippen MR) is 58.5 cm³/mol. The van der Waals surface area contributed by atoms with Crippen LogP contribution in [0, 0.1) is 5.92 Å². The van der Waals surface area contributed by atoms with E-state index in [1.807, 2.05) is 6.92 Å². The Morgan fingerprint density at radius 2 is 1.73 bits per heavy atom. The van der Waals surface area contributed by atoms with E-state index in [1.165, 1.54) is 0 Å². The van der Waals surface area contributed by atoms with E-state index in [0.717, 1.165) is 0 Å². The van der Waals surface area contributed by atoms with E-state index in [-0.39, 0.29) is 25.0 Å². The van der Waals surface area contributed by atoms with Gasteiger partial charge < -0.3 is 0 Å². The average Bonchev–Trinajstić information content (AvgIpc) is 2.16. The highest BCUT2D eigenvalue weighted by molar-refractivity contribution is 7.52. The second kappa shape index (κ2) is 6.99. The molecule has 0 aliphatic rings. The summed E-state index contributed by atoms with van der Waals surface area (Å²) in [6.07, 6.45) is 0.685. The minimum Gasteiger partial charge on any atom is -0.293 e. The summed E-state index contributed by atoms with van der Waals surface area (Å²) >= 11 is 0. The van der Waals surface area contributed by atoms with Gasteiger partial charge in [0.25, 0.3) is 0 Å². The average molecular weight is 237 g/mol. The summed E-state index contributed by atoms with van der Waals surface area (Å²) in [5.41, 5.74) is 0. The van der Waals surface area contributed by atoms with Crippen LogP contribution in [0.4, 0.5) is 0 Å². The van der Waals surface area contributed by atoms with Crippen molar-refractivity contribution in [2.24, 2.45) is 5.92 Å². The number of rotatable bonds is 7. The van der Waals surface area contributed by atoms with Gasteiger partial charge in [0.2, 0.25) is 5.91 Å². The fourth-order valence-electron chi connectivity index (χ4n) is 0.872. The van der Waals surface area contributed by atoms with Gasteiger partial charge in [-0.3, -0.25) is 18.9 Å². The van der Waals surface area contributed by atoms with Crippen LogP contribution in [0.5, 0.6) is 0 Å². The minimum absolute atomic E-state index is 0.195. The maximum absolute atomic E-state index is 11.9. The fourth-order valence-corrected chi connectivity index (χ4v) is 2.25. The Bertz CT molecular complexity index is 234. The summed E-state index contributed by atoms with van der Waals surface area (Å²) in [4.78, 5) is 11.5. The standard InChI is InChI=1S/C9H20NO4P/c1-5-8(4)9(11)10-15(12,13-6-2)14-7-3/h8H,5-7H2,1-4H3,(H,10,11,12). The lowest BCUT2D eigenvalue weighted by Crippen LogP contribution is -2.28. The van der Waals surface area contributed by atoms with Crippen LogP contribution in [-0.2, 0) is 18.4 Å². The molecule has 1 N–H and O–H groups in total. The topological polar surface area (TPSA) is 64.6 Å². The number of carbonyl (C=O) groups is 1. The van der Waals surface area contributed by atoms with Crippen molar-refractivity contribution in [3.05, 3.63) is 0 Å². The molecule has 0 saturated heterocycles. The molecule has 0 rings (SSSR count). The summed E-state index contributed by atoms with van der Waals surface area (Å²) in [7, 11) is -3.44. The van der Waals surface area contributed by atoms with Crippen LogP contribution < -0.4 is 5.09 Å². The molecular formula is C9H20NO4P. The fraction of sp³-hybridized carbons (Fsp3) is 0.889. The molecule has 5 nitrogen and oxygen atoms in total. The number of hydrogen-bond acceptors (Lipinski definition) is 4. The molecule has 0 bridgehead atoms. The van der Waals surface area contributed by atoms with Gasteiger partial charge in [-0.25, -0.2) is 4.57 Å². The maximum atomic E-state index is 11.9. The van der Waals surface area contributed by atoms with E-state index >= 15 is 0 Å². The van der Waals surface area contributed by atoms with Gasteiger partial charge in [0, 0.05) is 5.92 Å². The summed E-state index contributed by atoms with van der Waals surface area (Å²) in [5.74, 6) is -0.498. The monoisotopic (exact) mass is 237 g/mol. The van der Waals surface area contributed by atoms with Crippen LogP contribution in [0.1, 0.15) is 34.1 Å². The summed E-state index contributed by atoms with van der Waals surface area (Å²) < 4.78 is 21.7. The Balaban J connectivity index is 4.40. The third-order valence-electron chi connectivity index (χ3n) is 1.91. The van der Waals surface area contributed by atoms with Crippen LogP contribution >= 0.6 is 7.75 Å². The first-order valence-corrected chi connectivity index (χ1v) is 6.74. The first-order valence-electron chi connectivity index (χ1n) is 5.20. The summed E-state index contributed by atoms with van der Waals surface area (Å²) in [6, 6.07) is 0. The predicted octanol–water partition coefficient (Wildman–Crippen LogP) is 2.33. The quantitative estimate of drug-likeness (QED) is 0.690. The summed E-state index contributed by atoms with van der Waals surface area (Å²) in [5, 5.41) is 2.32. The Morgan fingerprint density at radius 3 is 2.07 bits per heavy atom. The molecule has 1 atom stereocenters. The molecule has 6 heteroatoms. The zero-order valence-corrected chi connectivity index (χ0v) is 10.7. The van der Waals surface area contributed by atoms with Crippen LogP contribution in [0.2, 0.25) is 0 Å². The SMILES string of the molecule is CCOP(=O)(NC(=O)C(C)CC)OCC. The van der Waals surface area contributed by atoms with E-state index in [4.69, 9.17) is 9.05 Å². The van der Waals surface area contributed by atoms with Crippen molar-refractivity contribution in [3.63, 3.8) is 0 Å². The molecule has 0 aromatic carbocycles. The van der Waals surface area contributed by atoms with E-state index in [0.29, 0.717) is 6.42 Å². The maximum Gasteiger partial charge on any atom is 0.434 e. The molecular weight excluding hydrogens is 217 g/mol. The molecule has 0 heterocycles. The zero-order valence-electron chi connectivity index (χ0n) is 9.78. The molecule has 0 aliphatic heterocycles. The molecule has 0 spiro atoms. The molecule has 15 heavy (non-hydrogen) atoms. The van der Waals surface area contributed by atoms with Crippen molar-refractivity contribution < 1.29 is 18.4 Å². The van der Waals surface area contributed by atoms with Crippen molar-refractivity contribution in [2.45, 2.75) is 34.1 Å². The Labute approximate surface area is 91.1 Å². The third-order valence-corrected chi connectivity index (χ3v) is 3.60. The van der Waals surface area contributed by atoms with Gasteiger partial charge in [0.1, 0.15) is 0 Å². The van der Waals surface area contributed by atoms with E-state index in [2.05, 4.69) is 5.09 Å². The van der Waals surface area contributed by atoms with Crippen LogP contribution in [-0.4, -0.2) is 19.1 Å². The van der Waals surface area contributed by atoms with Gasteiger partial charge in [-0.05, 0) is 20.3 Å². The smallest absolute Gasteiger partial charge is 0.293 e. The Hall–Kier alpha value is -0.380. The van der Waals surface area contributed by atoms with Crippen LogP contribution in [0.25, 0.3) is 0 Å². The molecule has 0 fully saturated rings. The number of nitrogens with one attached hydrogen (secondary N) is 1. The summed E-state index contributed by atoms with van der Waals surface area (Å²) in [6.45, 7) is 7.51. The molecule has 0 saturated carbocycles. The Kier molecular flexibility index (Phi) is 6.81. The number of hydrogen-bond donors (Lipinski definition) is 1. The largest absolute Gasteiger partial charge is 0.434 e. The van der Waals surface area contributed by atoms with Gasteiger partial charge >= 0.3 is 7.75 Å². The highest BCUT2D eigenvalue weighted by Gasteiger charge is 2.28. The normalized spacial score (nSPS) is 13.6. The second-order valence-electron chi connectivity index (χ2n) is 3.12. The van der Waals surface area contributed by atoms with Crippen LogP contribution in [0.15, 0.2) is 0 Å². The minimum atomic E-state index is -3.44. The molecule has 1 amide bonds. The zero-order chi connectivity index (χ0) is 11.9. The van der Waals surface area contributed by atoms with E-state index in [1.54, 1.807) is 20.8 Å². The first kappa shape index (κ1) is 14.6. The van der Waals surface area contributed by atoms with E-state index < -0.39 is 7.75 Å². The van der Waals surface area contributed by atoms with Gasteiger partial charge in [-0.15, -0.1) is 0 Å². The van der Waals surface area contributed by atoms with Crippen molar-refractivity contribution >= 4 is 13.7 Å². The highest BCUT2D eigenvalue weighted by atomic mass is 31.2. The molecule has 0 aliphatic carbocycles. The van der Waals surface area contributed by atoms with Crippen LogP contribution in [0.3, 0.4) is 0 Å². The molecule has 1 unspecified atom stereocenters. The van der Waals surface area contributed by atoms with Gasteiger partial charge in [0.15, 0.2) is 0 Å². The van der Waals surface area contributed by atoms with Crippen molar-refractivity contribution in [1.82, 2.24) is 5.09 Å². The molecule has 0 aromatic heterocycles. The van der Waals surface area contributed by atoms with Gasteiger partial charge in [0.05, 0.1) is 13.2 Å². The molecule has 0 radical (unpaired) electrons. The van der Waals surface area contributed by atoms with Crippen molar-refractivity contribution in [3.8, 4) is 0 Å². The lowest BCUT2D eigenvalue weighted by molar-refractivity contribution is -0.123. The number of carbonyl (C=O) groups excluding carboxylic acids is 1. The first-order chi connectivity index (χ1) is 6.99. The molecule has 90 valence electrons. The third kappa shape index (κ3) is 5.30. The highest BCUT2D eigenvalue weighted by Crippen LogP contribution is 2.43. The lowest BCUT2D eigenvalue weighted by Gasteiger charge is -2.19. The lowest BCUT2D eigenvalue weighted by atomic mass is 10.1. The number of amides is 1. The molecule has 0 aromatic rings. The Morgan fingerprint density at radius 1 is 1.27 bits per heavy atom. The van der Waals surface area contributed by atoms with Crippen molar-refractivity contribution in [2.75, 3.05) is 13.2 Å². The van der Waals surface area contributed by atoms with Gasteiger partial charge in [-0.2, -0.15) is 0 Å². The van der Waals surface area contributed by atoms with Gasteiger partial charge in [-0.1, -0.05) is 13.8 Å². The van der Waals surface area contributed by atoms with Crippen molar-refractivity contribution in [1.29, 1.82) is 0 Å².